The first-order chi connectivity index (χ1) is 30.0. The standard InChI is InChI=1S/C59H47BN2/c1-34-26-35(2)55(36(3)27-34)60-50-32-45-43-21-13-15-23-47(43)59(6,7)49(45)33-51(50)62-53-29-38-17-9-8-16-37(38)28-52(53)61(54-30-39-18-10-11-19-41(39)56(60)57(54)62)40-24-25-44-42-20-12-14-22-46(42)58(4,5)48(44)31-40/h8-33H,1-7H3. The van der Waals surface area contributed by atoms with Crippen molar-refractivity contribution in [2.45, 2.75) is 59.3 Å². The lowest BCUT2D eigenvalue weighted by atomic mass is 9.33. The summed E-state index contributed by atoms with van der Waals surface area (Å²) >= 11 is 0. The van der Waals surface area contributed by atoms with Crippen LogP contribution in [0.5, 0.6) is 0 Å². The summed E-state index contributed by atoms with van der Waals surface area (Å²) in [5, 5.41) is 5.04. The number of aryl methyl sites for hydroxylation is 3. The number of fused-ring (bicyclic) bond motifs is 13. The largest absolute Gasteiger partial charge is 0.307 e. The molecule has 2 aliphatic carbocycles. The van der Waals surface area contributed by atoms with Crippen molar-refractivity contribution in [2.24, 2.45) is 0 Å². The first-order valence-electron chi connectivity index (χ1n) is 22.3. The Hall–Kier alpha value is -6.84. The predicted molar refractivity (Wildman–Crippen MR) is 265 cm³/mol. The van der Waals surface area contributed by atoms with Crippen LogP contribution in [0.1, 0.15) is 66.6 Å². The van der Waals surface area contributed by atoms with Crippen molar-refractivity contribution in [1.29, 1.82) is 0 Å². The molecule has 62 heavy (non-hydrogen) atoms. The first-order valence-corrected chi connectivity index (χ1v) is 22.3. The highest BCUT2D eigenvalue weighted by molar-refractivity contribution is 7.00. The number of nitrogens with zero attached hydrogens (tertiary/aromatic N) is 2. The van der Waals surface area contributed by atoms with Crippen molar-refractivity contribution in [2.75, 3.05) is 9.80 Å². The van der Waals surface area contributed by atoms with Crippen LogP contribution in [-0.2, 0) is 10.8 Å². The van der Waals surface area contributed by atoms with Crippen LogP contribution in [0.4, 0.5) is 34.1 Å². The van der Waals surface area contributed by atoms with Crippen LogP contribution in [0.25, 0.3) is 43.8 Å². The zero-order valence-electron chi connectivity index (χ0n) is 36.5. The second kappa shape index (κ2) is 12.2. The number of anilines is 6. The van der Waals surface area contributed by atoms with Gasteiger partial charge >= 0.3 is 0 Å². The molecule has 0 fully saturated rings. The molecule has 0 spiro atoms. The molecule has 2 nitrogen and oxygen atoms in total. The maximum Gasteiger partial charge on any atom is 0.248 e. The second-order valence-corrected chi connectivity index (χ2v) is 19.5. The second-order valence-electron chi connectivity index (χ2n) is 19.5. The van der Waals surface area contributed by atoms with Crippen molar-refractivity contribution in [3.8, 4) is 22.3 Å². The molecule has 0 amide bonds. The summed E-state index contributed by atoms with van der Waals surface area (Å²) in [5.74, 6) is 0. The normalized spacial score (nSPS) is 15.5. The van der Waals surface area contributed by atoms with Gasteiger partial charge in [0.1, 0.15) is 0 Å². The van der Waals surface area contributed by atoms with Crippen LogP contribution >= 0.6 is 0 Å². The molecule has 4 aliphatic rings. The van der Waals surface area contributed by atoms with Crippen LogP contribution in [0.2, 0.25) is 0 Å². The van der Waals surface area contributed by atoms with E-state index >= 15 is 0 Å². The van der Waals surface area contributed by atoms with E-state index in [0.717, 1.165) is 0 Å². The van der Waals surface area contributed by atoms with Crippen molar-refractivity contribution in [3.63, 3.8) is 0 Å². The van der Waals surface area contributed by atoms with Crippen LogP contribution in [0, 0.1) is 20.8 Å². The lowest BCUT2D eigenvalue weighted by Crippen LogP contribution is -2.59. The van der Waals surface area contributed by atoms with Gasteiger partial charge in [0.25, 0.3) is 0 Å². The summed E-state index contributed by atoms with van der Waals surface area (Å²) in [6.45, 7) is 16.5. The molecule has 9 aromatic carbocycles. The van der Waals surface area contributed by atoms with Crippen LogP contribution in [0.15, 0.2) is 158 Å². The molecule has 296 valence electrons. The maximum absolute atomic E-state index is 2.67. The minimum absolute atomic E-state index is 0.000170. The Balaban J connectivity index is 1.19. The summed E-state index contributed by atoms with van der Waals surface area (Å²) in [6.07, 6.45) is 0. The molecule has 0 aromatic heterocycles. The van der Waals surface area contributed by atoms with Crippen LogP contribution in [-0.4, -0.2) is 6.71 Å². The van der Waals surface area contributed by atoms with Gasteiger partial charge in [0.15, 0.2) is 0 Å². The zero-order chi connectivity index (χ0) is 42.0. The Morgan fingerprint density at radius 1 is 0.403 bits per heavy atom. The summed E-state index contributed by atoms with van der Waals surface area (Å²) in [6, 6.07) is 60.8. The molecule has 13 rings (SSSR count). The Morgan fingerprint density at radius 2 is 0.935 bits per heavy atom. The molecular formula is C59H47BN2. The van der Waals surface area contributed by atoms with Crippen molar-refractivity contribution >= 4 is 78.8 Å². The molecule has 0 bridgehead atoms. The first kappa shape index (κ1) is 35.9. The van der Waals surface area contributed by atoms with Crippen molar-refractivity contribution < 1.29 is 0 Å². The molecule has 0 saturated carbocycles. The van der Waals surface area contributed by atoms with E-state index in [1.54, 1.807) is 0 Å². The van der Waals surface area contributed by atoms with Crippen LogP contribution in [0.3, 0.4) is 0 Å². The minimum Gasteiger partial charge on any atom is -0.307 e. The Morgan fingerprint density at radius 3 is 1.61 bits per heavy atom. The van der Waals surface area contributed by atoms with Gasteiger partial charge < -0.3 is 9.80 Å². The molecule has 9 aromatic rings. The van der Waals surface area contributed by atoms with Gasteiger partial charge in [-0.2, -0.15) is 0 Å². The number of hydrogen-bond donors (Lipinski definition) is 0. The molecular weight excluding hydrogens is 747 g/mol. The number of benzene rings is 9. The summed E-state index contributed by atoms with van der Waals surface area (Å²) in [7, 11) is 0. The topological polar surface area (TPSA) is 6.48 Å². The molecule has 2 heterocycles. The highest BCUT2D eigenvalue weighted by Crippen LogP contribution is 2.59. The average molecular weight is 795 g/mol. The lowest BCUT2D eigenvalue weighted by Gasteiger charge is -2.47. The fourth-order valence-corrected chi connectivity index (χ4v) is 12.5. The van der Waals surface area contributed by atoms with E-state index in [1.165, 1.54) is 133 Å². The predicted octanol–water partition coefficient (Wildman–Crippen LogP) is 13.6. The Bertz CT molecular complexity index is 3460. The quantitative estimate of drug-likeness (QED) is 0.161. The molecule has 0 N–H and O–H groups in total. The lowest BCUT2D eigenvalue weighted by molar-refractivity contribution is 0.660. The fraction of sp³-hybridized carbons (Fsp3) is 0.153. The van der Waals surface area contributed by atoms with Gasteiger partial charge in [-0.1, -0.05) is 171 Å². The maximum atomic E-state index is 2.67. The third kappa shape index (κ3) is 4.56. The molecule has 2 aliphatic heterocycles. The molecule has 0 radical (unpaired) electrons. The third-order valence-corrected chi connectivity index (χ3v) is 15.3. The number of hydrogen-bond acceptors (Lipinski definition) is 2. The summed E-state index contributed by atoms with van der Waals surface area (Å²) in [4.78, 5) is 5.28. The van der Waals surface area contributed by atoms with Gasteiger partial charge in [-0.05, 0) is 134 Å². The highest BCUT2D eigenvalue weighted by Gasteiger charge is 2.47. The van der Waals surface area contributed by atoms with E-state index in [0.29, 0.717) is 0 Å². The van der Waals surface area contributed by atoms with E-state index in [-0.39, 0.29) is 17.5 Å². The number of rotatable bonds is 2. The van der Waals surface area contributed by atoms with Gasteiger partial charge in [0.05, 0.1) is 22.7 Å². The van der Waals surface area contributed by atoms with Gasteiger partial charge in [-0.3, -0.25) is 0 Å². The SMILES string of the molecule is Cc1cc(C)c(B2c3cc4c(cc3N3c5cc6ccccc6cc5N(c5ccc6c(c5)C(C)(C)c5ccccc5-6)c5cc6ccccc6c2c53)C(C)(C)c2ccccc2-4)c(C)c1. The monoisotopic (exact) mass is 794 g/mol. The van der Waals surface area contributed by atoms with E-state index in [2.05, 4.69) is 216 Å². The fourth-order valence-electron chi connectivity index (χ4n) is 12.5. The average Bonchev–Trinajstić information content (AvgIpc) is 3.64. The molecule has 3 heteroatoms. The van der Waals surface area contributed by atoms with E-state index in [9.17, 15) is 0 Å². The van der Waals surface area contributed by atoms with E-state index in [1.807, 2.05) is 0 Å². The van der Waals surface area contributed by atoms with Gasteiger partial charge in [0, 0.05) is 22.2 Å². The van der Waals surface area contributed by atoms with Gasteiger partial charge in [-0.15, -0.1) is 0 Å². The van der Waals surface area contributed by atoms with Gasteiger partial charge in [0.2, 0.25) is 6.71 Å². The van der Waals surface area contributed by atoms with Crippen molar-refractivity contribution in [3.05, 3.63) is 197 Å². The molecule has 0 saturated heterocycles. The Kier molecular flexibility index (Phi) is 7.04. The van der Waals surface area contributed by atoms with Gasteiger partial charge in [-0.25, -0.2) is 0 Å². The Labute approximate surface area is 365 Å². The van der Waals surface area contributed by atoms with Crippen LogP contribution < -0.4 is 26.2 Å². The minimum atomic E-state index is -0.151. The van der Waals surface area contributed by atoms with Crippen molar-refractivity contribution in [1.82, 2.24) is 0 Å². The highest BCUT2D eigenvalue weighted by atomic mass is 15.3. The van der Waals surface area contributed by atoms with E-state index < -0.39 is 0 Å². The summed E-state index contributed by atoms with van der Waals surface area (Å²) in [5.41, 5.74) is 26.2. The summed E-state index contributed by atoms with van der Waals surface area (Å²) < 4.78 is 0. The molecule has 0 atom stereocenters. The molecule has 0 unspecified atom stereocenters. The smallest absolute Gasteiger partial charge is 0.248 e. The third-order valence-electron chi connectivity index (χ3n) is 15.3. The zero-order valence-corrected chi connectivity index (χ0v) is 36.5. The van der Waals surface area contributed by atoms with E-state index in [4.69, 9.17) is 0 Å².